The first-order valence-electron chi connectivity index (χ1n) is 17.9. The highest BCUT2D eigenvalue weighted by atomic mass is 28.3. The zero-order chi connectivity index (χ0) is 34.3. The van der Waals surface area contributed by atoms with Crippen LogP contribution in [-0.2, 0) is 0 Å². The summed E-state index contributed by atoms with van der Waals surface area (Å²) in [5.41, 5.74) is 11.6. The lowest BCUT2D eigenvalue weighted by Gasteiger charge is -2.33. The molecule has 0 saturated carbocycles. The van der Waals surface area contributed by atoms with Crippen LogP contribution in [-0.4, -0.2) is 8.07 Å². The van der Waals surface area contributed by atoms with Gasteiger partial charge < -0.3 is 4.90 Å². The van der Waals surface area contributed by atoms with E-state index in [2.05, 4.69) is 194 Å². The monoisotopic (exact) mass is 667 g/mol. The molecule has 1 nitrogen and oxygen atoms in total. The van der Waals surface area contributed by atoms with Gasteiger partial charge in [-0.3, -0.25) is 0 Å². The van der Waals surface area contributed by atoms with E-state index in [1.165, 1.54) is 98.7 Å². The molecule has 9 aromatic carbocycles. The normalized spacial score (nSPS) is 12.2. The van der Waals surface area contributed by atoms with E-state index in [4.69, 9.17) is 0 Å². The zero-order valence-corrected chi connectivity index (χ0v) is 30.1. The molecular formula is C49H37NSi. The van der Waals surface area contributed by atoms with E-state index >= 15 is 0 Å². The van der Waals surface area contributed by atoms with E-state index in [1.54, 1.807) is 0 Å². The fraction of sp³-hybridized carbons (Fsp3) is 0.0612. The van der Waals surface area contributed by atoms with Gasteiger partial charge in [-0.15, -0.1) is 0 Å². The van der Waals surface area contributed by atoms with Gasteiger partial charge in [-0.1, -0.05) is 135 Å². The van der Waals surface area contributed by atoms with Crippen LogP contribution < -0.4 is 10.1 Å². The van der Waals surface area contributed by atoms with Crippen LogP contribution in [0.2, 0.25) is 19.6 Å². The molecule has 0 spiro atoms. The van der Waals surface area contributed by atoms with E-state index in [9.17, 15) is 0 Å². The first-order valence-corrected chi connectivity index (χ1v) is 21.4. The first-order chi connectivity index (χ1) is 24.9. The lowest BCUT2D eigenvalue weighted by atomic mass is 9.77. The number of hydrogen-bond acceptors (Lipinski definition) is 1. The Labute approximate surface area is 300 Å². The van der Waals surface area contributed by atoms with Crippen molar-refractivity contribution in [2.24, 2.45) is 0 Å². The van der Waals surface area contributed by atoms with Gasteiger partial charge in [0.15, 0.2) is 0 Å². The van der Waals surface area contributed by atoms with Crippen molar-refractivity contribution < 1.29 is 0 Å². The smallest absolute Gasteiger partial charge is 0.0811 e. The van der Waals surface area contributed by atoms with Crippen LogP contribution in [0.5, 0.6) is 0 Å². The minimum atomic E-state index is -1.83. The molecule has 1 aliphatic rings. The summed E-state index contributed by atoms with van der Waals surface area (Å²) in [5, 5.41) is 11.7. The third kappa shape index (κ3) is 4.82. The maximum atomic E-state index is 2.54. The molecule has 0 atom stereocenters. The van der Waals surface area contributed by atoms with Gasteiger partial charge >= 0.3 is 0 Å². The summed E-state index contributed by atoms with van der Waals surface area (Å²) in [6, 6.07) is 63.3. The molecule has 1 aliphatic carbocycles. The number of hydrogen-bond donors (Lipinski definition) is 0. The molecule has 0 radical (unpaired) electrons. The standard InChI is InChI=1S/C49H37NSi/c1-51(2,3)49-42-18-10-8-15-34(42)23-25-48(49)50(47-19-11-16-33-14-7-9-17-41(33)47)40-24-22-37-29-44-43-28-36-21-20-35(32-12-5-4-6-13-32)26-38(36)30-45(43)46(44)31-39(37)27-40/h4-31H,1-3H3. The van der Waals surface area contributed by atoms with Crippen molar-refractivity contribution >= 4 is 73.4 Å². The fourth-order valence-corrected chi connectivity index (χ4v) is 10.4. The first kappa shape index (κ1) is 29.9. The largest absolute Gasteiger partial charge is 0.310 e. The van der Waals surface area contributed by atoms with Crippen molar-refractivity contribution in [3.05, 3.63) is 170 Å². The Kier molecular flexibility index (Phi) is 6.62. The predicted octanol–water partition coefficient (Wildman–Crippen LogP) is 13.6. The van der Waals surface area contributed by atoms with Gasteiger partial charge in [-0.05, 0) is 131 Å². The van der Waals surface area contributed by atoms with Crippen LogP contribution in [0.4, 0.5) is 17.1 Å². The topological polar surface area (TPSA) is 3.24 Å². The second-order valence-electron chi connectivity index (χ2n) is 15.0. The molecule has 0 fully saturated rings. The van der Waals surface area contributed by atoms with Crippen LogP contribution in [0.3, 0.4) is 0 Å². The van der Waals surface area contributed by atoms with E-state index in [1.807, 2.05) is 0 Å². The number of rotatable bonds is 5. The molecule has 0 amide bonds. The van der Waals surface area contributed by atoms with E-state index in [-0.39, 0.29) is 0 Å². The maximum Gasteiger partial charge on any atom is 0.0811 e. The lowest BCUT2D eigenvalue weighted by Crippen LogP contribution is -2.41. The Bertz CT molecular complexity index is 2840. The second kappa shape index (κ2) is 11.3. The SMILES string of the molecule is C[Si](C)(C)c1c(N(c2ccc3cc4c(cc3c2)-c2cc3cc(-c5ccccc5)ccc3cc2-4)c2cccc3ccccc23)ccc2ccccc12. The fourth-order valence-electron chi connectivity index (χ4n) is 8.41. The molecule has 9 aromatic rings. The van der Waals surface area contributed by atoms with Crippen molar-refractivity contribution in [2.75, 3.05) is 4.90 Å². The van der Waals surface area contributed by atoms with E-state index in [0.717, 1.165) is 0 Å². The van der Waals surface area contributed by atoms with Crippen molar-refractivity contribution in [1.82, 2.24) is 0 Å². The molecular weight excluding hydrogens is 631 g/mol. The van der Waals surface area contributed by atoms with Crippen LogP contribution in [0.25, 0.3) is 76.5 Å². The van der Waals surface area contributed by atoms with Gasteiger partial charge in [0, 0.05) is 16.8 Å². The average Bonchev–Trinajstić information content (AvgIpc) is 3.16. The van der Waals surface area contributed by atoms with E-state index < -0.39 is 8.07 Å². The summed E-state index contributed by atoms with van der Waals surface area (Å²) in [5.74, 6) is 0. The summed E-state index contributed by atoms with van der Waals surface area (Å²) in [7, 11) is -1.83. The number of anilines is 3. The van der Waals surface area contributed by atoms with Crippen molar-refractivity contribution in [3.8, 4) is 33.4 Å². The Hall–Kier alpha value is -5.96. The molecule has 2 heteroatoms. The highest BCUT2D eigenvalue weighted by Crippen LogP contribution is 2.51. The molecule has 0 bridgehead atoms. The molecule has 0 aliphatic heterocycles. The highest BCUT2D eigenvalue weighted by molar-refractivity contribution is 6.91. The molecule has 10 rings (SSSR count). The van der Waals surface area contributed by atoms with E-state index in [0.29, 0.717) is 0 Å². The van der Waals surface area contributed by atoms with Gasteiger partial charge in [-0.25, -0.2) is 0 Å². The molecule has 242 valence electrons. The molecule has 51 heavy (non-hydrogen) atoms. The van der Waals surface area contributed by atoms with Gasteiger partial charge in [0.2, 0.25) is 0 Å². The van der Waals surface area contributed by atoms with Crippen LogP contribution in [0.15, 0.2) is 170 Å². The summed E-state index contributed by atoms with van der Waals surface area (Å²) in [4.78, 5) is 2.54. The average molecular weight is 668 g/mol. The summed E-state index contributed by atoms with van der Waals surface area (Å²) < 4.78 is 0. The minimum Gasteiger partial charge on any atom is -0.310 e. The van der Waals surface area contributed by atoms with Gasteiger partial charge in [-0.2, -0.15) is 0 Å². The predicted molar refractivity (Wildman–Crippen MR) is 224 cm³/mol. The Morgan fingerprint density at radius 3 is 1.61 bits per heavy atom. The number of nitrogens with zero attached hydrogens (tertiary/aromatic N) is 1. The third-order valence-corrected chi connectivity index (χ3v) is 12.8. The Morgan fingerprint density at radius 1 is 0.353 bits per heavy atom. The van der Waals surface area contributed by atoms with Crippen molar-refractivity contribution in [3.63, 3.8) is 0 Å². The Morgan fingerprint density at radius 2 is 0.902 bits per heavy atom. The number of fused-ring (bicyclic) bond motifs is 8. The molecule has 0 aromatic heterocycles. The van der Waals surface area contributed by atoms with Crippen LogP contribution >= 0.6 is 0 Å². The zero-order valence-electron chi connectivity index (χ0n) is 29.1. The lowest BCUT2D eigenvalue weighted by molar-refractivity contribution is 1.31. The second-order valence-corrected chi connectivity index (χ2v) is 20.0. The van der Waals surface area contributed by atoms with Gasteiger partial charge in [0.1, 0.15) is 0 Å². The highest BCUT2D eigenvalue weighted by Gasteiger charge is 2.29. The van der Waals surface area contributed by atoms with Crippen LogP contribution in [0, 0.1) is 0 Å². The van der Waals surface area contributed by atoms with Gasteiger partial charge in [0.25, 0.3) is 0 Å². The summed E-state index contributed by atoms with van der Waals surface area (Å²) in [6.45, 7) is 7.43. The summed E-state index contributed by atoms with van der Waals surface area (Å²) >= 11 is 0. The number of benzene rings is 9. The molecule has 0 unspecified atom stereocenters. The molecule has 0 saturated heterocycles. The van der Waals surface area contributed by atoms with Crippen molar-refractivity contribution in [2.45, 2.75) is 19.6 Å². The minimum absolute atomic E-state index is 1.18. The molecule has 0 N–H and O–H groups in total. The Balaban J connectivity index is 1.16. The quantitative estimate of drug-likeness (QED) is 0.165. The van der Waals surface area contributed by atoms with Gasteiger partial charge in [0.05, 0.1) is 13.8 Å². The third-order valence-electron chi connectivity index (χ3n) is 10.8. The summed E-state index contributed by atoms with van der Waals surface area (Å²) in [6.07, 6.45) is 0. The maximum absolute atomic E-state index is 2.54. The molecule has 0 heterocycles. The van der Waals surface area contributed by atoms with Crippen LogP contribution in [0.1, 0.15) is 0 Å². The van der Waals surface area contributed by atoms with Crippen molar-refractivity contribution in [1.29, 1.82) is 0 Å².